The summed E-state index contributed by atoms with van der Waals surface area (Å²) in [6.45, 7) is 1.52. The number of hydrogen-bond acceptors (Lipinski definition) is 8. The minimum atomic E-state index is -4.87. The van der Waals surface area contributed by atoms with Crippen molar-refractivity contribution >= 4 is 17.3 Å². The standard InChI is InChI=1S/C28H27F4N7O2/c1-33-14-18-15-39(12-11-38(18)2)25-22(36-26(40)23-16-41-27(37-23)17-9-10-34-35-13-17)8-7-20(24(25)28(30,31)32)19-5-3-4-6-21(19)29/h3-10,13,16,18,33H,11-12,14-15H2,1-2H3,(H,36,40)/t18-/m0/s1. The molecule has 0 saturated carbocycles. The van der Waals surface area contributed by atoms with Gasteiger partial charge in [0, 0.05) is 37.8 Å². The fourth-order valence-corrected chi connectivity index (χ4v) is 4.93. The van der Waals surface area contributed by atoms with Crippen molar-refractivity contribution < 1.29 is 26.8 Å². The zero-order valence-corrected chi connectivity index (χ0v) is 22.2. The molecule has 3 heterocycles. The SMILES string of the molecule is CNC[C@H]1CN(c2c(NC(=O)c3coc(-c4ccnnc4)n3)ccc(-c3ccccc3F)c2C(F)(F)F)CCN1C. The molecule has 0 aliphatic carbocycles. The van der Waals surface area contributed by atoms with Crippen LogP contribution in [0, 0.1) is 5.82 Å². The molecule has 1 fully saturated rings. The van der Waals surface area contributed by atoms with Crippen LogP contribution in [-0.2, 0) is 6.18 Å². The number of anilines is 2. The molecule has 5 rings (SSSR count). The Kier molecular flexibility index (Phi) is 7.99. The zero-order chi connectivity index (χ0) is 29.1. The molecule has 4 aromatic rings. The van der Waals surface area contributed by atoms with Crippen molar-refractivity contribution in [3.8, 4) is 22.6 Å². The fraction of sp³-hybridized carbons (Fsp3) is 0.286. The summed E-state index contributed by atoms with van der Waals surface area (Å²) < 4.78 is 64.9. The van der Waals surface area contributed by atoms with E-state index in [-0.39, 0.29) is 53.2 Å². The van der Waals surface area contributed by atoms with E-state index in [1.54, 1.807) is 18.0 Å². The Morgan fingerprint density at radius 3 is 2.61 bits per heavy atom. The van der Waals surface area contributed by atoms with Crippen molar-refractivity contribution in [3.63, 3.8) is 0 Å². The minimum Gasteiger partial charge on any atom is -0.444 e. The predicted molar refractivity (Wildman–Crippen MR) is 145 cm³/mol. The molecule has 41 heavy (non-hydrogen) atoms. The van der Waals surface area contributed by atoms with Gasteiger partial charge in [-0.25, -0.2) is 9.37 Å². The van der Waals surface area contributed by atoms with E-state index < -0.39 is 23.5 Å². The van der Waals surface area contributed by atoms with Gasteiger partial charge in [-0.2, -0.15) is 23.4 Å². The number of carbonyl (C=O) groups is 1. The topological polar surface area (TPSA) is 99.4 Å². The van der Waals surface area contributed by atoms with Crippen LogP contribution in [0.25, 0.3) is 22.6 Å². The van der Waals surface area contributed by atoms with Crippen LogP contribution in [-0.4, -0.2) is 72.3 Å². The number of piperazine rings is 1. The van der Waals surface area contributed by atoms with E-state index >= 15 is 0 Å². The van der Waals surface area contributed by atoms with Crippen LogP contribution in [0.4, 0.5) is 28.9 Å². The molecule has 9 nitrogen and oxygen atoms in total. The lowest BCUT2D eigenvalue weighted by Gasteiger charge is -2.42. The molecular formula is C28H27F4N7O2. The number of likely N-dealkylation sites (N-methyl/N-ethyl adjacent to an activating group) is 2. The molecule has 1 aliphatic rings. The van der Waals surface area contributed by atoms with Crippen LogP contribution in [0.15, 0.2) is 65.5 Å². The van der Waals surface area contributed by atoms with E-state index in [0.717, 1.165) is 12.3 Å². The quantitative estimate of drug-likeness (QED) is 0.313. The second-order valence-electron chi connectivity index (χ2n) is 9.62. The summed E-state index contributed by atoms with van der Waals surface area (Å²) in [5.41, 5.74) is -1.51. The number of halogens is 4. The Hall–Kier alpha value is -4.36. The molecule has 0 bridgehead atoms. The molecule has 2 N–H and O–H groups in total. The van der Waals surface area contributed by atoms with Crippen LogP contribution in [0.3, 0.4) is 0 Å². The summed E-state index contributed by atoms with van der Waals surface area (Å²) in [5.74, 6) is -1.45. The number of alkyl halides is 3. The molecule has 2 aromatic carbocycles. The van der Waals surface area contributed by atoms with E-state index in [4.69, 9.17) is 4.42 Å². The lowest BCUT2D eigenvalue weighted by molar-refractivity contribution is -0.136. The molecule has 1 aliphatic heterocycles. The predicted octanol–water partition coefficient (Wildman–Crippen LogP) is 4.55. The number of rotatable bonds is 7. The summed E-state index contributed by atoms with van der Waals surface area (Å²) >= 11 is 0. The summed E-state index contributed by atoms with van der Waals surface area (Å²) in [4.78, 5) is 21.1. The van der Waals surface area contributed by atoms with Crippen LogP contribution < -0.4 is 15.5 Å². The Labute approximate surface area is 233 Å². The number of amides is 1. The number of aromatic nitrogens is 3. The highest BCUT2D eigenvalue weighted by Gasteiger charge is 2.41. The summed E-state index contributed by atoms with van der Waals surface area (Å²) in [6.07, 6.45) is -0.927. The third kappa shape index (κ3) is 5.91. The molecule has 0 spiro atoms. The highest BCUT2D eigenvalue weighted by Crippen LogP contribution is 2.47. The molecule has 1 atom stereocenters. The lowest BCUT2D eigenvalue weighted by Crippen LogP contribution is -2.55. The molecule has 1 saturated heterocycles. The van der Waals surface area contributed by atoms with Crippen LogP contribution >= 0.6 is 0 Å². The van der Waals surface area contributed by atoms with Gasteiger partial charge in [-0.1, -0.05) is 24.3 Å². The van der Waals surface area contributed by atoms with Gasteiger partial charge in [0.05, 0.1) is 34.9 Å². The smallest absolute Gasteiger partial charge is 0.419 e. The van der Waals surface area contributed by atoms with Gasteiger partial charge in [0.1, 0.15) is 12.1 Å². The van der Waals surface area contributed by atoms with E-state index in [0.29, 0.717) is 18.7 Å². The van der Waals surface area contributed by atoms with Gasteiger partial charge in [-0.3, -0.25) is 9.69 Å². The summed E-state index contributed by atoms with van der Waals surface area (Å²) in [7, 11) is 3.68. The van der Waals surface area contributed by atoms with Gasteiger partial charge in [0.15, 0.2) is 5.69 Å². The number of oxazole rings is 1. The second kappa shape index (κ2) is 11.6. The molecule has 13 heteroatoms. The van der Waals surface area contributed by atoms with Gasteiger partial charge < -0.3 is 20.0 Å². The molecular weight excluding hydrogens is 542 g/mol. The average Bonchev–Trinajstić information content (AvgIpc) is 3.45. The lowest BCUT2D eigenvalue weighted by atomic mass is 9.94. The first-order valence-corrected chi connectivity index (χ1v) is 12.8. The maximum absolute atomic E-state index is 14.9. The van der Waals surface area contributed by atoms with Crippen LogP contribution in [0.5, 0.6) is 0 Å². The number of benzene rings is 2. The van der Waals surface area contributed by atoms with Crippen LogP contribution in [0.1, 0.15) is 16.1 Å². The number of nitrogens with one attached hydrogen (secondary N) is 2. The second-order valence-corrected chi connectivity index (χ2v) is 9.62. The largest absolute Gasteiger partial charge is 0.444 e. The molecule has 0 radical (unpaired) electrons. The van der Waals surface area contributed by atoms with Gasteiger partial charge >= 0.3 is 6.18 Å². The highest BCUT2D eigenvalue weighted by molar-refractivity contribution is 6.05. The average molecular weight is 570 g/mol. The maximum atomic E-state index is 14.9. The van der Waals surface area contributed by atoms with Crippen molar-refractivity contribution in [3.05, 3.63) is 78.2 Å². The Morgan fingerprint density at radius 2 is 1.90 bits per heavy atom. The maximum Gasteiger partial charge on any atom is 0.419 e. The van der Waals surface area contributed by atoms with Gasteiger partial charge in [-0.05, 0) is 37.9 Å². The number of hydrogen-bond donors (Lipinski definition) is 2. The highest BCUT2D eigenvalue weighted by atomic mass is 19.4. The molecule has 2 aromatic heterocycles. The number of carbonyl (C=O) groups excluding carboxylic acids is 1. The van der Waals surface area contributed by atoms with Gasteiger partial charge in [0.25, 0.3) is 5.91 Å². The third-order valence-corrected chi connectivity index (χ3v) is 6.97. The first kappa shape index (κ1) is 28.2. The van der Waals surface area contributed by atoms with E-state index in [1.165, 1.54) is 42.7 Å². The van der Waals surface area contributed by atoms with Crippen molar-refractivity contribution in [1.82, 2.24) is 25.4 Å². The normalized spacial score (nSPS) is 16.1. The third-order valence-electron chi connectivity index (χ3n) is 6.97. The van der Waals surface area contributed by atoms with Crippen LogP contribution in [0.2, 0.25) is 0 Å². The van der Waals surface area contributed by atoms with Gasteiger partial charge in [-0.15, -0.1) is 0 Å². The first-order chi connectivity index (χ1) is 19.7. The summed E-state index contributed by atoms with van der Waals surface area (Å²) in [6, 6.07) is 9.34. The molecule has 1 amide bonds. The summed E-state index contributed by atoms with van der Waals surface area (Å²) in [5, 5.41) is 13.1. The van der Waals surface area contributed by atoms with Gasteiger partial charge in [0.2, 0.25) is 5.89 Å². The van der Waals surface area contributed by atoms with E-state index in [2.05, 4.69) is 30.7 Å². The monoisotopic (exact) mass is 569 g/mol. The fourth-order valence-electron chi connectivity index (χ4n) is 4.93. The van der Waals surface area contributed by atoms with E-state index in [1.807, 2.05) is 7.05 Å². The first-order valence-electron chi connectivity index (χ1n) is 12.8. The Morgan fingerprint density at radius 1 is 1.10 bits per heavy atom. The Bertz CT molecular complexity index is 1530. The van der Waals surface area contributed by atoms with Crippen molar-refractivity contribution in [2.24, 2.45) is 0 Å². The van der Waals surface area contributed by atoms with Crippen molar-refractivity contribution in [1.29, 1.82) is 0 Å². The Balaban J connectivity index is 1.61. The van der Waals surface area contributed by atoms with E-state index in [9.17, 15) is 22.4 Å². The minimum absolute atomic E-state index is 0.0784. The van der Waals surface area contributed by atoms with Crippen molar-refractivity contribution in [2.45, 2.75) is 12.2 Å². The molecule has 0 unspecified atom stereocenters. The number of nitrogens with zero attached hydrogens (tertiary/aromatic N) is 5. The zero-order valence-electron chi connectivity index (χ0n) is 22.2. The van der Waals surface area contributed by atoms with Crippen molar-refractivity contribution in [2.75, 3.05) is 50.5 Å². The molecule has 214 valence electrons.